The van der Waals surface area contributed by atoms with Gasteiger partial charge in [-0.15, -0.1) is 0 Å². The highest BCUT2D eigenvalue weighted by Gasteiger charge is 2.21. The van der Waals surface area contributed by atoms with Gasteiger partial charge in [-0.3, -0.25) is 4.79 Å². The van der Waals surface area contributed by atoms with Gasteiger partial charge in [-0.25, -0.2) is 0 Å². The Morgan fingerprint density at radius 3 is 2.94 bits per heavy atom. The highest BCUT2D eigenvalue weighted by molar-refractivity contribution is 5.83. The monoisotopic (exact) mass is 220 g/mol. The van der Waals surface area contributed by atoms with Crippen LogP contribution in [0.3, 0.4) is 0 Å². The van der Waals surface area contributed by atoms with E-state index >= 15 is 0 Å². The third-order valence-corrected chi connectivity index (χ3v) is 2.63. The first-order valence-corrected chi connectivity index (χ1v) is 5.62. The summed E-state index contributed by atoms with van der Waals surface area (Å²) in [6.45, 7) is 1.53. The van der Waals surface area contributed by atoms with Gasteiger partial charge in [0.1, 0.15) is 6.10 Å². The van der Waals surface area contributed by atoms with Crippen molar-refractivity contribution in [3.63, 3.8) is 0 Å². The van der Waals surface area contributed by atoms with Crippen LogP contribution in [0.5, 0.6) is 0 Å². The predicted octanol–water partition coefficient (Wildman–Crippen LogP) is 1.95. The molecule has 1 aliphatic heterocycles. The maximum Gasteiger partial charge on any atom is 0.164 e. The van der Waals surface area contributed by atoms with Crippen molar-refractivity contribution in [1.29, 1.82) is 0 Å². The molecule has 0 spiro atoms. The van der Waals surface area contributed by atoms with E-state index in [0.29, 0.717) is 26.2 Å². The third-order valence-electron chi connectivity index (χ3n) is 2.63. The van der Waals surface area contributed by atoms with Crippen LogP contribution in [0, 0.1) is 0 Å². The molecule has 1 fully saturated rings. The van der Waals surface area contributed by atoms with E-state index in [1.54, 1.807) is 0 Å². The van der Waals surface area contributed by atoms with Crippen LogP contribution < -0.4 is 0 Å². The molecule has 3 nitrogen and oxygen atoms in total. The Hall–Kier alpha value is -1.19. The van der Waals surface area contributed by atoms with Gasteiger partial charge in [-0.1, -0.05) is 30.3 Å². The molecule has 1 aromatic rings. The number of hydrogen-bond donors (Lipinski definition) is 0. The Labute approximate surface area is 95.4 Å². The topological polar surface area (TPSA) is 35.5 Å². The molecule has 3 heteroatoms. The summed E-state index contributed by atoms with van der Waals surface area (Å²) in [5.41, 5.74) is 1.08. The van der Waals surface area contributed by atoms with E-state index in [1.165, 1.54) is 0 Å². The summed E-state index contributed by atoms with van der Waals surface area (Å²) in [6, 6.07) is 9.86. The van der Waals surface area contributed by atoms with Crippen LogP contribution in [0.4, 0.5) is 0 Å². The number of carbonyl (C=O) groups is 1. The fraction of sp³-hybridized carbons (Fsp3) is 0.462. The van der Waals surface area contributed by atoms with Gasteiger partial charge in [0, 0.05) is 13.0 Å². The van der Waals surface area contributed by atoms with Crippen molar-refractivity contribution in [2.45, 2.75) is 25.6 Å². The van der Waals surface area contributed by atoms with E-state index < -0.39 is 0 Å². The lowest BCUT2D eigenvalue weighted by molar-refractivity contribution is -0.133. The van der Waals surface area contributed by atoms with E-state index in [1.807, 2.05) is 30.3 Å². The first kappa shape index (κ1) is 11.3. The molecule has 0 saturated carbocycles. The summed E-state index contributed by atoms with van der Waals surface area (Å²) >= 11 is 0. The number of ketones is 1. The van der Waals surface area contributed by atoms with Gasteiger partial charge in [-0.05, 0) is 12.0 Å². The zero-order valence-corrected chi connectivity index (χ0v) is 9.22. The lowest BCUT2D eigenvalue weighted by Crippen LogP contribution is -2.27. The van der Waals surface area contributed by atoms with Crippen LogP contribution in [0.15, 0.2) is 30.3 Å². The maximum atomic E-state index is 11.6. The van der Waals surface area contributed by atoms with Crippen LogP contribution >= 0.6 is 0 Å². The van der Waals surface area contributed by atoms with Crippen molar-refractivity contribution in [2.24, 2.45) is 0 Å². The number of hydrogen-bond acceptors (Lipinski definition) is 3. The van der Waals surface area contributed by atoms with Gasteiger partial charge in [0.25, 0.3) is 0 Å². The molecule has 1 unspecified atom stereocenters. The van der Waals surface area contributed by atoms with Gasteiger partial charge in [0.05, 0.1) is 13.2 Å². The summed E-state index contributed by atoms with van der Waals surface area (Å²) in [5.74, 6) is 0.161. The van der Waals surface area contributed by atoms with Crippen molar-refractivity contribution >= 4 is 5.78 Å². The molecule has 86 valence electrons. The van der Waals surface area contributed by atoms with Crippen LogP contribution in [0.1, 0.15) is 18.4 Å². The summed E-state index contributed by atoms with van der Waals surface area (Å²) in [6.07, 6.45) is 0.992. The average molecular weight is 220 g/mol. The number of rotatable bonds is 3. The molecular weight excluding hydrogens is 204 g/mol. The Balaban J connectivity index is 1.86. The van der Waals surface area contributed by atoms with Gasteiger partial charge >= 0.3 is 0 Å². The first-order valence-electron chi connectivity index (χ1n) is 5.62. The summed E-state index contributed by atoms with van der Waals surface area (Å²) < 4.78 is 10.9. The second-order valence-corrected chi connectivity index (χ2v) is 3.93. The number of ether oxygens (including phenoxy) is 2. The quantitative estimate of drug-likeness (QED) is 0.781. The van der Waals surface area contributed by atoms with Crippen LogP contribution in [-0.4, -0.2) is 25.1 Å². The Morgan fingerprint density at radius 2 is 2.12 bits per heavy atom. The predicted molar refractivity (Wildman–Crippen MR) is 60.1 cm³/mol. The molecule has 1 heterocycles. The first-order chi connectivity index (χ1) is 7.86. The molecule has 2 rings (SSSR count). The lowest BCUT2D eigenvalue weighted by Gasteiger charge is -2.13. The fourth-order valence-corrected chi connectivity index (χ4v) is 1.70. The van der Waals surface area contributed by atoms with E-state index in [9.17, 15) is 4.79 Å². The van der Waals surface area contributed by atoms with Crippen LogP contribution in [0.2, 0.25) is 0 Å². The summed E-state index contributed by atoms with van der Waals surface area (Å²) in [4.78, 5) is 11.6. The van der Waals surface area contributed by atoms with Crippen molar-refractivity contribution < 1.29 is 14.3 Å². The summed E-state index contributed by atoms with van der Waals surface area (Å²) in [7, 11) is 0. The second kappa shape index (κ2) is 5.77. The Kier molecular flexibility index (Phi) is 4.08. The highest BCUT2D eigenvalue weighted by Crippen LogP contribution is 2.10. The van der Waals surface area contributed by atoms with Crippen molar-refractivity contribution in [3.05, 3.63) is 35.9 Å². The average Bonchev–Trinajstić information content (AvgIpc) is 2.53. The molecule has 0 radical (unpaired) electrons. The van der Waals surface area contributed by atoms with Gasteiger partial charge < -0.3 is 9.47 Å². The van der Waals surface area contributed by atoms with Crippen molar-refractivity contribution in [1.82, 2.24) is 0 Å². The zero-order chi connectivity index (χ0) is 11.2. The maximum absolute atomic E-state index is 11.6. The third kappa shape index (κ3) is 3.15. The SMILES string of the molecule is O=C1CCCOCC1OCc1ccccc1. The highest BCUT2D eigenvalue weighted by atomic mass is 16.5. The zero-order valence-electron chi connectivity index (χ0n) is 9.22. The molecule has 1 aromatic carbocycles. The molecule has 1 saturated heterocycles. The van der Waals surface area contributed by atoms with Crippen molar-refractivity contribution in [3.8, 4) is 0 Å². The Morgan fingerprint density at radius 1 is 1.31 bits per heavy atom. The van der Waals surface area contributed by atoms with E-state index in [0.717, 1.165) is 12.0 Å². The van der Waals surface area contributed by atoms with Crippen molar-refractivity contribution in [2.75, 3.05) is 13.2 Å². The normalized spacial score (nSPS) is 21.8. The Bertz CT molecular complexity index is 334. The molecule has 0 bridgehead atoms. The lowest BCUT2D eigenvalue weighted by atomic mass is 10.1. The van der Waals surface area contributed by atoms with Crippen LogP contribution in [-0.2, 0) is 20.9 Å². The molecular formula is C13H16O3. The molecule has 0 aliphatic carbocycles. The fourth-order valence-electron chi connectivity index (χ4n) is 1.70. The van der Waals surface area contributed by atoms with E-state index in [4.69, 9.17) is 9.47 Å². The number of benzene rings is 1. The summed E-state index contributed by atoms with van der Waals surface area (Å²) in [5, 5.41) is 0. The van der Waals surface area contributed by atoms with Crippen LogP contribution in [0.25, 0.3) is 0 Å². The second-order valence-electron chi connectivity index (χ2n) is 3.93. The molecule has 0 amide bonds. The molecule has 16 heavy (non-hydrogen) atoms. The van der Waals surface area contributed by atoms with E-state index in [2.05, 4.69) is 0 Å². The molecule has 1 atom stereocenters. The largest absolute Gasteiger partial charge is 0.378 e. The minimum atomic E-state index is -0.386. The standard InChI is InChI=1S/C13H16O3/c14-12-7-4-8-15-10-13(12)16-9-11-5-2-1-3-6-11/h1-3,5-6,13H,4,7-10H2. The van der Waals surface area contributed by atoms with Gasteiger partial charge in [-0.2, -0.15) is 0 Å². The minimum Gasteiger partial charge on any atom is -0.378 e. The smallest absolute Gasteiger partial charge is 0.164 e. The van der Waals surface area contributed by atoms with E-state index in [-0.39, 0.29) is 11.9 Å². The minimum absolute atomic E-state index is 0.161. The van der Waals surface area contributed by atoms with Gasteiger partial charge in [0.15, 0.2) is 5.78 Å². The number of carbonyl (C=O) groups excluding carboxylic acids is 1. The molecule has 1 aliphatic rings. The molecule has 0 N–H and O–H groups in total. The number of Topliss-reactive ketones (excluding diaryl/α,β-unsaturated/α-hetero) is 1. The van der Waals surface area contributed by atoms with Gasteiger partial charge in [0.2, 0.25) is 0 Å². The molecule has 0 aromatic heterocycles.